The summed E-state index contributed by atoms with van der Waals surface area (Å²) in [5.74, 6) is 2.01. The van der Waals surface area contributed by atoms with Gasteiger partial charge in [0.05, 0.1) is 19.1 Å². The lowest BCUT2D eigenvalue weighted by Gasteiger charge is -2.14. The number of alkyl halides is 1. The molecule has 1 aromatic rings. The van der Waals surface area contributed by atoms with Gasteiger partial charge in [-0.15, -0.1) is 11.6 Å². The van der Waals surface area contributed by atoms with Crippen LogP contribution in [0.1, 0.15) is 6.42 Å². The Morgan fingerprint density at radius 1 is 1.35 bits per heavy atom. The zero-order chi connectivity index (χ0) is 12.1. The van der Waals surface area contributed by atoms with Crippen molar-refractivity contribution in [2.75, 3.05) is 25.7 Å². The Morgan fingerprint density at radius 3 is 3.00 bits per heavy atom. The Balaban J connectivity index is 2.11. The van der Waals surface area contributed by atoms with E-state index in [-0.39, 0.29) is 12.5 Å². The van der Waals surface area contributed by atoms with Crippen molar-refractivity contribution in [1.82, 2.24) is 0 Å². The van der Waals surface area contributed by atoms with Gasteiger partial charge >= 0.3 is 0 Å². The van der Waals surface area contributed by atoms with Crippen molar-refractivity contribution < 1.29 is 19.3 Å². The molecule has 2 rings (SSSR count). The highest BCUT2D eigenvalue weighted by atomic mass is 35.5. The fraction of sp³-hybridized carbons (Fsp3) is 0.500. The van der Waals surface area contributed by atoms with Gasteiger partial charge in [-0.25, -0.2) is 0 Å². The van der Waals surface area contributed by atoms with E-state index < -0.39 is 6.10 Å². The van der Waals surface area contributed by atoms with E-state index in [1.807, 2.05) is 12.1 Å². The van der Waals surface area contributed by atoms with E-state index in [0.29, 0.717) is 30.5 Å². The minimum Gasteiger partial charge on any atom is -0.489 e. The molecule has 4 nitrogen and oxygen atoms in total. The van der Waals surface area contributed by atoms with Gasteiger partial charge in [0, 0.05) is 6.42 Å². The Labute approximate surface area is 105 Å². The summed E-state index contributed by atoms with van der Waals surface area (Å²) in [4.78, 5) is 0. The maximum absolute atomic E-state index is 9.35. The van der Waals surface area contributed by atoms with Crippen molar-refractivity contribution in [2.24, 2.45) is 0 Å². The number of fused-ring (bicyclic) bond motifs is 1. The van der Waals surface area contributed by atoms with E-state index >= 15 is 0 Å². The predicted octanol–water partition coefficient (Wildman–Crippen LogP) is 1.83. The minimum atomic E-state index is -0.681. The van der Waals surface area contributed by atoms with Crippen LogP contribution in [0.4, 0.5) is 0 Å². The molecule has 1 unspecified atom stereocenters. The van der Waals surface area contributed by atoms with Gasteiger partial charge < -0.3 is 19.3 Å². The lowest BCUT2D eigenvalue weighted by atomic mass is 10.3. The van der Waals surface area contributed by atoms with Gasteiger partial charge in [0.1, 0.15) is 12.7 Å². The number of hydrogen-bond acceptors (Lipinski definition) is 4. The Kier molecular flexibility index (Phi) is 4.34. The van der Waals surface area contributed by atoms with E-state index in [9.17, 15) is 5.11 Å². The summed E-state index contributed by atoms with van der Waals surface area (Å²) in [6, 6.07) is 5.45. The average molecular weight is 259 g/mol. The molecule has 0 aromatic heterocycles. The van der Waals surface area contributed by atoms with E-state index in [0.717, 1.165) is 6.42 Å². The molecule has 1 aromatic carbocycles. The molecule has 0 aliphatic carbocycles. The molecule has 5 heteroatoms. The van der Waals surface area contributed by atoms with Gasteiger partial charge in [-0.2, -0.15) is 0 Å². The lowest BCUT2D eigenvalue weighted by molar-refractivity contribution is 0.122. The topological polar surface area (TPSA) is 47.9 Å². The molecule has 17 heavy (non-hydrogen) atoms. The van der Waals surface area contributed by atoms with Crippen molar-refractivity contribution in [3.8, 4) is 17.2 Å². The summed E-state index contributed by atoms with van der Waals surface area (Å²) in [5.41, 5.74) is 0. The third-order valence-electron chi connectivity index (χ3n) is 2.34. The number of para-hydroxylation sites is 1. The molecule has 0 radical (unpaired) electrons. The highest BCUT2D eigenvalue weighted by Crippen LogP contribution is 2.38. The number of halogens is 1. The van der Waals surface area contributed by atoms with E-state index in [1.165, 1.54) is 0 Å². The molecule has 1 aliphatic rings. The third-order valence-corrected chi connectivity index (χ3v) is 2.70. The molecule has 1 atom stereocenters. The summed E-state index contributed by atoms with van der Waals surface area (Å²) in [5, 5.41) is 9.35. The lowest BCUT2D eigenvalue weighted by Crippen LogP contribution is -2.19. The van der Waals surface area contributed by atoms with Crippen LogP contribution in [0.5, 0.6) is 17.2 Å². The fourth-order valence-corrected chi connectivity index (χ4v) is 1.60. The average Bonchev–Trinajstić information content (AvgIpc) is 2.61. The molecule has 1 heterocycles. The van der Waals surface area contributed by atoms with Crippen molar-refractivity contribution in [3.05, 3.63) is 18.2 Å². The number of hydrogen-bond donors (Lipinski definition) is 1. The Bertz CT molecular complexity index is 370. The monoisotopic (exact) mass is 258 g/mol. The van der Waals surface area contributed by atoms with Crippen LogP contribution in [0.15, 0.2) is 18.2 Å². The molecule has 0 amide bonds. The number of aliphatic hydroxyl groups is 1. The molecule has 94 valence electrons. The standard InChI is InChI=1S/C12H15ClO4/c13-7-9(14)8-17-11-4-1-3-10-12(11)16-6-2-5-15-10/h1,3-4,9,14H,2,5-8H2. The first kappa shape index (κ1) is 12.3. The Hall–Kier alpha value is -1.13. The van der Waals surface area contributed by atoms with Crippen molar-refractivity contribution in [2.45, 2.75) is 12.5 Å². The summed E-state index contributed by atoms with van der Waals surface area (Å²) < 4.78 is 16.6. The summed E-state index contributed by atoms with van der Waals surface area (Å²) in [6.07, 6.45) is 0.164. The first-order chi connectivity index (χ1) is 8.31. The largest absolute Gasteiger partial charge is 0.489 e. The summed E-state index contributed by atoms with van der Waals surface area (Å²) in [7, 11) is 0. The van der Waals surface area contributed by atoms with Crippen LogP contribution >= 0.6 is 11.6 Å². The van der Waals surface area contributed by atoms with Crippen LogP contribution in [0.3, 0.4) is 0 Å². The van der Waals surface area contributed by atoms with Crippen molar-refractivity contribution in [1.29, 1.82) is 0 Å². The zero-order valence-corrected chi connectivity index (χ0v) is 10.2. The van der Waals surface area contributed by atoms with Crippen molar-refractivity contribution >= 4 is 11.6 Å². The molecule has 0 saturated carbocycles. The van der Waals surface area contributed by atoms with Crippen LogP contribution in [-0.2, 0) is 0 Å². The van der Waals surface area contributed by atoms with E-state index in [4.69, 9.17) is 25.8 Å². The van der Waals surface area contributed by atoms with Crippen LogP contribution in [0.25, 0.3) is 0 Å². The van der Waals surface area contributed by atoms with Crippen LogP contribution in [0.2, 0.25) is 0 Å². The summed E-state index contributed by atoms with van der Waals surface area (Å²) in [6.45, 7) is 1.38. The second-order valence-electron chi connectivity index (χ2n) is 3.75. The normalized spacial score (nSPS) is 16.1. The van der Waals surface area contributed by atoms with E-state index in [2.05, 4.69) is 0 Å². The van der Waals surface area contributed by atoms with Gasteiger partial charge in [-0.05, 0) is 12.1 Å². The molecule has 1 aliphatic heterocycles. The number of ether oxygens (including phenoxy) is 3. The molecule has 0 bridgehead atoms. The summed E-state index contributed by atoms with van der Waals surface area (Å²) >= 11 is 5.50. The highest BCUT2D eigenvalue weighted by Gasteiger charge is 2.16. The van der Waals surface area contributed by atoms with Gasteiger partial charge in [0.2, 0.25) is 5.75 Å². The second-order valence-corrected chi connectivity index (χ2v) is 4.06. The van der Waals surface area contributed by atoms with Crippen LogP contribution < -0.4 is 14.2 Å². The quantitative estimate of drug-likeness (QED) is 0.837. The fourth-order valence-electron chi connectivity index (χ4n) is 1.51. The molecular weight excluding hydrogens is 244 g/mol. The maximum Gasteiger partial charge on any atom is 0.203 e. The van der Waals surface area contributed by atoms with Crippen LogP contribution in [-0.4, -0.2) is 36.9 Å². The predicted molar refractivity (Wildman–Crippen MR) is 64.3 cm³/mol. The number of benzene rings is 1. The molecule has 0 saturated heterocycles. The first-order valence-corrected chi connectivity index (χ1v) is 6.10. The Morgan fingerprint density at radius 2 is 2.18 bits per heavy atom. The van der Waals surface area contributed by atoms with Gasteiger partial charge in [0.25, 0.3) is 0 Å². The molecule has 0 spiro atoms. The highest BCUT2D eigenvalue weighted by molar-refractivity contribution is 6.18. The van der Waals surface area contributed by atoms with Crippen molar-refractivity contribution in [3.63, 3.8) is 0 Å². The molecular formula is C12H15ClO4. The smallest absolute Gasteiger partial charge is 0.203 e. The van der Waals surface area contributed by atoms with Gasteiger partial charge in [-0.1, -0.05) is 6.07 Å². The third kappa shape index (κ3) is 3.17. The number of aliphatic hydroxyl groups excluding tert-OH is 1. The molecule has 1 N–H and O–H groups in total. The van der Waals surface area contributed by atoms with Gasteiger partial charge in [0.15, 0.2) is 11.5 Å². The minimum absolute atomic E-state index is 0.142. The van der Waals surface area contributed by atoms with Gasteiger partial charge in [-0.3, -0.25) is 0 Å². The van der Waals surface area contributed by atoms with E-state index in [1.54, 1.807) is 6.07 Å². The number of rotatable bonds is 4. The SMILES string of the molecule is OC(CCl)COc1cccc2c1OCCCO2. The maximum atomic E-state index is 9.35. The molecule has 0 fully saturated rings. The second kappa shape index (κ2) is 5.98. The zero-order valence-electron chi connectivity index (χ0n) is 9.39. The van der Waals surface area contributed by atoms with Crippen LogP contribution in [0, 0.1) is 0 Å². The first-order valence-electron chi connectivity index (χ1n) is 5.56.